The van der Waals surface area contributed by atoms with Crippen molar-refractivity contribution in [1.29, 1.82) is 0 Å². The van der Waals surface area contributed by atoms with E-state index in [1.54, 1.807) is 0 Å². The molecule has 0 aliphatic rings. The van der Waals surface area contributed by atoms with Crippen LogP contribution in [0.4, 0.5) is 4.39 Å². The summed E-state index contributed by atoms with van der Waals surface area (Å²) in [5.41, 5.74) is 0. The molecule has 1 aromatic carbocycles. The quantitative estimate of drug-likeness (QED) is 0.307. The Hall–Kier alpha value is 0.206. The molecule has 0 heterocycles. The third kappa shape index (κ3) is 4.69. The van der Waals surface area contributed by atoms with Crippen LogP contribution in [0.1, 0.15) is 0 Å². The predicted octanol–water partition coefficient (Wildman–Crippen LogP) is -1.75. The predicted molar refractivity (Wildman–Crippen MR) is 31.0 cm³/mol. The van der Waals surface area contributed by atoms with Gasteiger partial charge in [0.1, 0.15) is 0 Å². The summed E-state index contributed by atoms with van der Waals surface area (Å²) in [4.78, 5) is 0. The number of rotatable bonds is 0. The van der Waals surface area contributed by atoms with E-state index in [9.17, 15) is 4.39 Å². The Morgan fingerprint density at radius 1 is 1.22 bits per heavy atom. The van der Waals surface area contributed by atoms with Crippen LogP contribution < -0.4 is 12.4 Å². The van der Waals surface area contributed by atoms with Crippen molar-refractivity contribution >= 4 is 23.1 Å². The van der Waals surface area contributed by atoms with Gasteiger partial charge in [0, 0.05) is 5.82 Å². The molecule has 0 aromatic heterocycles. The Balaban J connectivity index is 0. The van der Waals surface area contributed by atoms with Crippen molar-refractivity contribution in [2.45, 2.75) is 0 Å². The van der Waals surface area contributed by atoms with Crippen LogP contribution in [-0.4, -0.2) is 23.1 Å². The molecule has 0 N–H and O–H groups in total. The van der Waals surface area contributed by atoms with E-state index in [-0.39, 0.29) is 41.3 Å². The summed E-state index contributed by atoms with van der Waals surface area (Å²) in [5.74, 6) is -0.209. The summed E-state index contributed by atoms with van der Waals surface area (Å²) in [7, 11) is 0. The maximum absolute atomic E-state index is 11.9. The first kappa shape index (κ1) is 11.9. The molecule has 0 spiro atoms. The zero-order chi connectivity index (χ0) is 5.11. The van der Waals surface area contributed by atoms with E-state index in [4.69, 9.17) is 0 Å². The van der Waals surface area contributed by atoms with Gasteiger partial charge in [-0.05, 0) is 0 Å². The van der Waals surface area contributed by atoms with Crippen molar-refractivity contribution < 1.29 is 16.8 Å². The fourth-order valence-electron chi connectivity index (χ4n) is 0.367. The fourth-order valence-corrected chi connectivity index (χ4v) is 0.367. The van der Waals surface area contributed by atoms with E-state index in [2.05, 4.69) is 6.07 Å². The van der Waals surface area contributed by atoms with Crippen LogP contribution in [0.3, 0.4) is 0 Å². The van der Waals surface area contributed by atoms with Gasteiger partial charge in [0.15, 0.2) is 0 Å². The normalized spacial score (nSPS) is 6.78. The molecule has 1 aromatic rings. The van der Waals surface area contributed by atoms with Crippen LogP contribution in [0.5, 0.6) is 0 Å². The first-order valence-corrected chi connectivity index (χ1v) is 2.01. The number of hydrogen-bond donors (Lipinski definition) is 0. The molecule has 0 aliphatic heterocycles. The zero-order valence-corrected chi connectivity index (χ0v) is 6.94. The summed E-state index contributed by atoms with van der Waals surface area (Å²) in [6, 6.07) is 8.49. The summed E-state index contributed by atoms with van der Waals surface area (Å²) >= 11 is 0. The Bertz CT molecular complexity index is 143. The third-order valence-electron chi connectivity index (χ3n) is 0.678. The van der Waals surface area contributed by atoms with Gasteiger partial charge in [-0.2, -0.15) is 18.2 Å². The van der Waals surface area contributed by atoms with Gasteiger partial charge in [0.25, 0.3) is 0 Å². The van der Waals surface area contributed by atoms with Gasteiger partial charge in [-0.1, -0.05) is 0 Å². The molecule has 0 fully saturated rings. The number of halogens is 2. The van der Waals surface area contributed by atoms with Gasteiger partial charge < -0.3 is 12.4 Å². The molecule has 0 amide bonds. The van der Waals surface area contributed by atoms with E-state index in [0.29, 0.717) is 0 Å². The Labute approximate surface area is 76.0 Å². The first-order chi connectivity index (χ1) is 3.39. The average Bonchev–Trinajstić information content (AvgIpc) is 1.69. The molecular weight excluding hydrogens is 151 g/mol. The van der Waals surface area contributed by atoms with Crippen LogP contribution in [0.2, 0.25) is 0 Å². The summed E-state index contributed by atoms with van der Waals surface area (Å²) in [6.45, 7) is 0. The van der Waals surface area contributed by atoms with Crippen LogP contribution >= 0.6 is 0 Å². The van der Waals surface area contributed by atoms with E-state index >= 15 is 0 Å². The molecule has 0 unspecified atom stereocenters. The van der Waals surface area contributed by atoms with E-state index in [1.807, 2.05) is 0 Å². The Morgan fingerprint density at radius 3 is 1.89 bits per heavy atom. The molecule has 9 heavy (non-hydrogen) atoms. The van der Waals surface area contributed by atoms with Gasteiger partial charge in [0.05, 0.1) is 0 Å². The van der Waals surface area contributed by atoms with Crippen LogP contribution in [-0.2, 0) is 0 Å². The molecule has 0 bridgehead atoms. The second kappa shape index (κ2) is 6.33. The van der Waals surface area contributed by atoms with E-state index < -0.39 is 0 Å². The van der Waals surface area contributed by atoms with Gasteiger partial charge in [-0.3, -0.25) is 0 Å². The monoisotopic (exact) mass is 154 g/mol. The van der Waals surface area contributed by atoms with Crippen molar-refractivity contribution in [3.8, 4) is 0 Å². The van der Waals surface area contributed by atoms with E-state index in [0.717, 1.165) is 0 Å². The molecule has 0 saturated heterocycles. The maximum Gasteiger partial charge on any atom is 2.00 e. The molecule has 0 aliphatic carbocycles. The van der Waals surface area contributed by atoms with Gasteiger partial charge in [-0.25, -0.2) is 4.39 Å². The minimum absolute atomic E-state index is 0. The Morgan fingerprint density at radius 2 is 1.67 bits per heavy atom. The number of hydrogen-bond acceptors (Lipinski definition) is 0. The van der Waals surface area contributed by atoms with Gasteiger partial charge in [0.2, 0.25) is 0 Å². The number of benzene rings is 1. The van der Waals surface area contributed by atoms with Crippen molar-refractivity contribution in [3.63, 3.8) is 0 Å². The molecule has 0 atom stereocenters. The minimum Gasteiger partial charge on any atom is -1.00 e. The van der Waals surface area contributed by atoms with Crippen LogP contribution in [0.25, 0.3) is 0 Å². The van der Waals surface area contributed by atoms with Gasteiger partial charge >= 0.3 is 23.1 Å². The second-order valence-electron chi connectivity index (χ2n) is 1.22. The van der Waals surface area contributed by atoms with Gasteiger partial charge in [-0.15, -0.1) is 12.1 Å². The molecular formula is C6H4ClFMg. The second-order valence-corrected chi connectivity index (χ2v) is 1.22. The van der Waals surface area contributed by atoms with Crippen molar-refractivity contribution in [2.24, 2.45) is 0 Å². The standard InChI is InChI=1S/C6H4F.ClH.Mg/c7-6-4-2-1-3-5-6;;/h2-5H;1H;/q-1;;+2/p-1. The Kier molecular flexibility index (Phi) is 8.39. The third-order valence-corrected chi connectivity index (χ3v) is 0.678. The topological polar surface area (TPSA) is 0 Å². The summed E-state index contributed by atoms with van der Waals surface area (Å²) in [5, 5.41) is 0. The molecule has 0 nitrogen and oxygen atoms in total. The SMILES string of the molecule is Fc1cc[c-]cc1.[Cl-].[Mg+2]. The summed E-state index contributed by atoms with van der Waals surface area (Å²) < 4.78 is 11.9. The first-order valence-electron chi connectivity index (χ1n) is 2.01. The zero-order valence-electron chi connectivity index (χ0n) is 4.77. The van der Waals surface area contributed by atoms with Crippen LogP contribution in [0.15, 0.2) is 24.3 Å². The van der Waals surface area contributed by atoms with Crippen LogP contribution in [0, 0.1) is 11.9 Å². The fraction of sp³-hybridized carbons (Fsp3) is 0. The smallest absolute Gasteiger partial charge is 1.00 e. The largest absolute Gasteiger partial charge is 2.00 e. The molecule has 0 saturated carbocycles. The van der Waals surface area contributed by atoms with Crippen molar-refractivity contribution in [3.05, 3.63) is 36.1 Å². The minimum atomic E-state index is -0.209. The average molecular weight is 155 g/mol. The summed E-state index contributed by atoms with van der Waals surface area (Å²) in [6.07, 6.45) is 0. The molecule has 44 valence electrons. The maximum atomic E-state index is 11.9. The van der Waals surface area contributed by atoms with E-state index in [1.165, 1.54) is 24.3 Å². The van der Waals surface area contributed by atoms with Crippen molar-refractivity contribution in [1.82, 2.24) is 0 Å². The molecule has 3 heteroatoms. The van der Waals surface area contributed by atoms with Crippen molar-refractivity contribution in [2.75, 3.05) is 0 Å². The molecule has 0 radical (unpaired) electrons. The molecule has 1 rings (SSSR count).